The van der Waals surface area contributed by atoms with Crippen molar-refractivity contribution in [2.24, 2.45) is 5.92 Å². The zero-order valence-corrected chi connectivity index (χ0v) is 21.8. The minimum absolute atomic E-state index is 0.0586. The van der Waals surface area contributed by atoms with Gasteiger partial charge in [-0.2, -0.15) is 0 Å². The van der Waals surface area contributed by atoms with E-state index < -0.39 is 6.04 Å². The Morgan fingerprint density at radius 2 is 1.79 bits per heavy atom. The second kappa shape index (κ2) is 9.31. The van der Waals surface area contributed by atoms with Crippen LogP contribution in [-0.4, -0.2) is 73.7 Å². The molecule has 6 rings (SSSR count). The molecule has 0 unspecified atom stereocenters. The van der Waals surface area contributed by atoms with Gasteiger partial charge in [-0.25, -0.2) is 4.98 Å². The summed E-state index contributed by atoms with van der Waals surface area (Å²) in [6.45, 7) is 7.02. The van der Waals surface area contributed by atoms with Gasteiger partial charge < -0.3 is 25.1 Å². The standard InChI is InChI=1S/C29H32N6O3/c1-16(2)11-24(33-27(36)23-12-18-8-6-7-17(3)25(18)30-23)28(37)34-14-20-13-19(34)15-35(20)29(38)26-31-21-9-4-5-10-22(21)32-26/h4-10,12,16,19-20,24,30H,11,13-15H2,1-3H3,(H,31,32)(H,33,36)/t19-,20-,24-/m0/s1. The lowest BCUT2D eigenvalue weighted by Crippen LogP contribution is -2.56. The van der Waals surface area contributed by atoms with Gasteiger partial charge in [-0.15, -0.1) is 0 Å². The molecular weight excluding hydrogens is 480 g/mol. The summed E-state index contributed by atoms with van der Waals surface area (Å²) in [5.74, 6) is 0.0468. The van der Waals surface area contributed by atoms with Crippen LogP contribution in [-0.2, 0) is 4.79 Å². The van der Waals surface area contributed by atoms with Gasteiger partial charge in [-0.3, -0.25) is 14.4 Å². The van der Waals surface area contributed by atoms with Crippen LogP contribution in [0.3, 0.4) is 0 Å². The number of amides is 3. The molecule has 38 heavy (non-hydrogen) atoms. The lowest BCUT2D eigenvalue weighted by atomic mass is 10.0. The van der Waals surface area contributed by atoms with E-state index in [4.69, 9.17) is 0 Å². The smallest absolute Gasteiger partial charge is 0.290 e. The molecule has 0 radical (unpaired) electrons. The number of para-hydroxylation sites is 3. The molecule has 2 aliphatic heterocycles. The van der Waals surface area contributed by atoms with Crippen molar-refractivity contribution in [2.45, 2.75) is 51.7 Å². The van der Waals surface area contributed by atoms with Crippen LogP contribution in [0.25, 0.3) is 21.9 Å². The van der Waals surface area contributed by atoms with E-state index in [-0.39, 0.29) is 35.7 Å². The third-order valence-electron chi connectivity index (χ3n) is 7.80. The fraction of sp³-hybridized carbons (Fsp3) is 0.379. The van der Waals surface area contributed by atoms with Crippen molar-refractivity contribution >= 4 is 39.7 Å². The van der Waals surface area contributed by atoms with Crippen LogP contribution in [0.4, 0.5) is 0 Å². The van der Waals surface area contributed by atoms with Crippen LogP contribution in [0.2, 0.25) is 0 Å². The Morgan fingerprint density at radius 1 is 1.03 bits per heavy atom. The fourth-order valence-corrected chi connectivity index (χ4v) is 5.93. The number of aryl methyl sites for hydroxylation is 1. The van der Waals surface area contributed by atoms with Crippen molar-refractivity contribution in [3.63, 3.8) is 0 Å². The summed E-state index contributed by atoms with van der Waals surface area (Å²) in [6, 6.07) is 14.6. The molecule has 9 heteroatoms. The molecule has 0 saturated carbocycles. The molecule has 2 aliphatic rings. The number of carbonyl (C=O) groups is 3. The van der Waals surface area contributed by atoms with Crippen molar-refractivity contribution in [2.75, 3.05) is 13.1 Å². The average Bonchev–Trinajstić information content (AvgIpc) is 3.69. The molecule has 196 valence electrons. The normalized spacial score (nSPS) is 19.6. The molecule has 3 atom stereocenters. The van der Waals surface area contributed by atoms with Gasteiger partial charge in [0.1, 0.15) is 11.7 Å². The highest BCUT2D eigenvalue weighted by Crippen LogP contribution is 2.33. The first-order valence-corrected chi connectivity index (χ1v) is 13.2. The van der Waals surface area contributed by atoms with Crippen LogP contribution < -0.4 is 5.32 Å². The number of hydrogen-bond acceptors (Lipinski definition) is 4. The molecule has 0 spiro atoms. The Bertz CT molecular complexity index is 1520. The molecule has 4 aromatic rings. The third kappa shape index (κ3) is 4.21. The first kappa shape index (κ1) is 24.2. The highest BCUT2D eigenvalue weighted by atomic mass is 16.2. The first-order chi connectivity index (χ1) is 18.3. The Morgan fingerprint density at radius 3 is 2.50 bits per heavy atom. The van der Waals surface area contributed by atoms with Crippen molar-refractivity contribution in [1.82, 2.24) is 30.1 Å². The van der Waals surface area contributed by atoms with E-state index in [1.807, 2.05) is 79.1 Å². The monoisotopic (exact) mass is 512 g/mol. The number of nitrogens with zero attached hydrogens (tertiary/aromatic N) is 3. The fourth-order valence-electron chi connectivity index (χ4n) is 5.93. The number of imidazole rings is 1. The molecule has 2 fully saturated rings. The largest absolute Gasteiger partial charge is 0.350 e. The number of fused-ring (bicyclic) bond motifs is 4. The van der Waals surface area contributed by atoms with E-state index in [0.29, 0.717) is 31.0 Å². The van der Waals surface area contributed by atoms with Gasteiger partial charge >= 0.3 is 0 Å². The van der Waals surface area contributed by atoms with Gasteiger partial charge in [0.05, 0.1) is 23.1 Å². The molecule has 0 aliphatic carbocycles. The number of aromatic amines is 2. The quantitative estimate of drug-likeness (QED) is 0.366. The number of benzene rings is 2. The van der Waals surface area contributed by atoms with E-state index in [0.717, 1.165) is 33.9 Å². The van der Waals surface area contributed by atoms with E-state index in [9.17, 15) is 14.4 Å². The molecule has 3 amide bonds. The van der Waals surface area contributed by atoms with E-state index >= 15 is 0 Å². The van der Waals surface area contributed by atoms with Gasteiger partial charge in [0, 0.05) is 24.0 Å². The predicted octanol–water partition coefficient (Wildman–Crippen LogP) is 3.62. The molecule has 2 saturated heterocycles. The zero-order chi connectivity index (χ0) is 26.6. The molecule has 2 aromatic heterocycles. The van der Waals surface area contributed by atoms with Crippen LogP contribution in [0.1, 0.15) is 53.4 Å². The summed E-state index contributed by atoms with van der Waals surface area (Å²) in [6.07, 6.45) is 1.28. The zero-order valence-electron chi connectivity index (χ0n) is 21.8. The minimum atomic E-state index is -0.631. The van der Waals surface area contributed by atoms with E-state index in [2.05, 4.69) is 20.3 Å². The topological polar surface area (TPSA) is 114 Å². The van der Waals surface area contributed by atoms with Gasteiger partial charge in [-0.05, 0) is 49.4 Å². The summed E-state index contributed by atoms with van der Waals surface area (Å²) >= 11 is 0. The lowest BCUT2D eigenvalue weighted by Gasteiger charge is -2.36. The van der Waals surface area contributed by atoms with Gasteiger partial charge in [0.25, 0.3) is 11.8 Å². The Hall–Kier alpha value is -4.14. The Balaban J connectivity index is 1.15. The summed E-state index contributed by atoms with van der Waals surface area (Å²) < 4.78 is 0. The molecular formula is C29H32N6O3. The lowest BCUT2D eigenvalue weighted by molar-refractivity contribution is -0.135. The highest BCUT2D eigenvalue weighted by Gasteiger charge is 2.48. The average molecular weight is 513 g/mol. The second-order valence-corrected chi connectivity index (χ2v) is 11.0. The number of piperazine rings is 1. The van der Waals surface area contributed by atoms with Crippen LogP contribution >= 0.6 is 0 Å². The van der Waals surface area contributed by atoms with E-state index in [1.54, 1.807) is 0 Å². The number of hydrogen-bond donors (Lipinski definition) is 3. The van der Waals surface area contributed by atoms with Crippen molar-refractivity contribution in [3.8, 4) is 0 Å². The summed E-state index contributed by atoms with van der Waals surface area (Å²) in [4.78, 5) is 54.6. The van der Waals surface area contributed by atoms with Crippen molar-refractivity contribution in [3.05, 3.63) is 65.6 Å². The highest BCUT2D eigenvalue weighted by molar-refractivity contribution is 6.01. The predicted molar refractivity (Wildman–Crippen MR) is 145 cm³/mol. The maximum absolute atomic E-state index is 13.7. The maximum atomic E-state index is 13.7. The van der Waals surface area contributed by atoms with Gasteiger partial charge in [0.2, 0.25) is 5.91 Å². The number of H-pyrrole nitrogens is 2. The molecule has 2 aromatic carbocycles. The molecule has 4 heterocycles. The van der Waals surface area contributed by atoms with E-state index in [1.165, 1.54) is 0 Å². The SMILES string of the molecule is Cc1cccc2cc(C(=O)N[C@@H](CC(C)C)C(=O)N3C[C@@H]4C[C@H]3CN4C(=O)c3nc4ccccc4[nH]3)[nH]c12. The third-order valence-corrected chi connectivity index (χ3v) is 7.80. The molecule has 9 nitrogen and oxygen atoms in total. The number of likely N-dealkylation sites (tertiary alicyclic amines) is 2. The Labute approximate surface area is 220 Å². The van der Waals surface area contributed by atoms with Crippen LogP contribution in [0.5, 0.6) is 0 Å². The first-order valence-electron chi connectivity index (χ1n) is 13.2. The molecule has 2 bridgehead atoms. The van der Waals surface area contributed by atoms with Crippen LogP contribution in [0.15, 0.2) is 48.5 Å². The van der Waals surface area contributed by atoms with Crippen molar-refractivity contribution < 1.29 is 14.4 Å². The Kier molecular flexibility index (Phi) is 5.93. The molecule has 3 N–H and O–H groups in total. The maximum Gasteiger partial charge on any atom is 0.290 e. The second-order valence-electron chi connectivity index (χ2n) is 11.0. The number of nitrogens with one attached hydrogen (secondary N) is 3. The minimum Gasteiger partial charge on any atom is -0.350 e. The van der Waals surface area contributed by atoms with Crippen LogP contribution in [0, 0.1) is 12.8 Å². The number of rotatable bonds is 6. The van der Waals surface area contributed by atoms with Gasteiger partial charge in [-0.1, -0.05) is 44.2 Å². The number of aromatic nitrogens is 3. The number of carbonyl (C=O) groups excluding carboxylic acids is 3. The van der Waals surface area contributed by atoms with Gasteiger partial charge in [0.15, 0.2) is 5.82 Å². The van der Waals surface area contributed by atoms with Crippen molar-refractivity contribution in [1.29, 1.82) is 0 Å². The summed E-state index contributed by atoms with van der Waals surface area (Å²) in [7, 11) is 0. The summed E-state index contributed by atoms with van der Waals surface area (Å²) in [5, 5.41) is 3.96. The summed E-state index contributed by atoms with van der Waals surface area (Å²) in [5.41, 5.74) is 4.02.